The first-order valence-corrected chi connectivity index (χ1v) is 8.22. The third kappa shape index (κ3) is 4.57. The highest BCUT2D eigenvalue weighted by Crippen LogP contribution is 2.46. The summed E-state index contributed by atoms with van der Waals surface area (Å²) >= 11 is 0. The fraction of sp³-hybridized carbons (Fsp3) is 1.00. The number of nitrogens with one attached hydrogen (secondary N) is 1. The molecule has 2 atom stereocenters. The fourth-order valence-electron chi connectivity index (χ4n) is 3.55. The first kappa shape index (κ1) is 16.0. The highest BCUT2D eigenvalue weighted by atomic mass is 14.9. The van der Waals surface area contributed by atoms with Gasteiger partial charge in [0.1, 0.15) is 0 Å². The molecule has 18 heavy (non-hydrogen) atoms. The average Bonchev–Trinajstić information content (AvgIpc) is 2.35. The summed E-state index contributed by atoms with van der Waals surface area (Å²) in [4.78, 5) is 0. The fourth-order valence-corrected chi connectivity index (χ4v) is 3.55. The van der Waals surface area contributed by atoms with Crippen molar-refractivity contribution in [2.24, 2.45) is 23.2 Å². The van der Waals surface area contributed by atoms with Gasteiger partial charge in [-0.2, -0.15) is 0 Å². The first-order valence-electron chi connectivity index (χ1n) is 8.22. The molecule has 2 aliphatic rings. The molecular formula is C17H35N. The van der Waals surface area contributed by atoms with Crippen LogP contribution in [-0.4, -0.2) is 13.1 Å². The first-order chi connectivity index (χ1) is 8.51. The van der Waals surface area contributed by atoms with Gasteiger partial charge in [-0.1, -0.05) is 41.0 Å². The van der Waals surface area contributed by atoms with E-state index in [1.807, 2.05) is 0 Å². The van der Waals surface area contributed by atoms with Crippen molar-refractivity contribution in [1.82, 2.24) is 5.32 Å². The lowest BCUT2D eigenvalue weighted by Crippen LogP contribution is -2.37. The predicted octanol–water partition coefficient (Wildman–Crippen LogP) is 4.86. The minimum absolute atomic E-state index is 0.591. The number of rotatable bonds is 1. The van der Waals surface area contributed by atoms with Crippen molar-refractivity contribution in [3.05, 3.63) is 0 Å². The second-order valence-corrected chi connectivity index (χ2v) is 7.23. The Morgan fingerprint density at radius 1 is 0.944 bits per heavy atom. The van der Waals surface area contributed by atoms with Gasteiger partial charge in [-0.3, -0.25) is 0 Å². The van der Waals surface area contributed by atoms with E-state index in [2.05, 4.69) is 39.9 Å². The molecule has 2 rings (SSSR count). The summed E-state index contributed by atoms with van der Waals surface area (Å²) in [7, 11) is 0. The zero-order valence-corrected chi connectivity index (χ0v) is 13.4. The Hall–Kier alpha value is -0.0400. The molecule has 1 aliphatic carbocycles. The Kier molecular flexibility index (Phi) is 6.70. The molecule has 108 valence electrons. The molecule has 1 saturated carbocycles. The summed E-state index contributed by atoms with van der Waals surface area (Å²) in [6.07, 6.45) is 8.53. The molecule has 1 N–H and O–H groups in total. The van der Waals surface area contributed by atoms with Crippen molar-refractivity contribution in [1.29, 1.82) is 0 Å². The number of hydrogen-bond acceptors (Lipinski definition) is 1. The van der Waals surface area contributed by atoms with E-state index in [1.54, 1.807) is 0 Å². The maximum Gasteiger partial charge on any atom is -0.00462 e. The summed E-state index contributed by atoms with van der Waals surface area (Å²) in [5, 5.41) is 3.48. The van der Waals surface area contributed by atoms with Gasteiger partial charge in [0.25, 0.3) is 0 Å². The average molecular weight is 253 g/mol. The summed E-state index contributed by atoms with van der Waals surface area (Å²) in [5.41, 5.74) is 0.591. The molecule has 1 saturated heterocycles. The van der Waals surface area contributed by atoms with Crippen LogP contribution in [0.3, 0.4) is 0 Å². The molecule has 0 aromatic rings. The van der Waals surface area contributed by atoms with E-state index < -0.39 is 0 Å². The largest absolute Gasteiger partial charge is 0.317 e. The second kappa shape index (κ2) is 7.53. The lowest BCUT2D eigenvalue weighted by molar-refractivity contribution is 0.0669. The van der Waals surface area contributed by atoms with Crippen molar-refractivity contribution >= 4 is 0 Å². The van der Waals surface area contributed by atoms with Crippen LogP contribution in [0.15, 0.2) is 0 Å². The second-order valence-electron chi connectivity index (χ2n) is 7.23. The van der Waals surface area contributed by atoms with Crippen LogP contribution in [0.1, 0.15) is 73.1 Å². The van der Waals surface area contributed by atoms with E-state index in [0.29, 0.717) is 5.41 Å². The molecular weight excluding hydrogens is 218 g/mol. The van der Waals surface area contributed by atoms with Crippen LogP contribution >= 0.6 is 0 Å². The van der Waals surface area contributed by atoms with Gasteiger partial charge < -0.3 is 5.32 Å². The molecule has 1 nitrogen and oxygen atoms in total. The normalized spacial score (nSPS) is 32.5. The monoisotopic (exact) mass is 253 g/mol. The van der Waals surface area contributed by atoms with Gasteiger partial charge in [0.2, 0.25) is 0 Å². The molecule has 0 bridgehead atoms. The molecule has 0 spiro atoms. The summed E-state index contributed by atoms with van der Waals surface area (Å²) in [6, 6.07) is 0. The Labute approximate surface area is 115 Å². The van der Waals surface area contributed by atoms with Gasteiger partial charge in [-0.05, 0) is 68.4 Å². The van der Waals surface area contributed by atoms with E-state index in [9.17, 15) is 0 Å². The van der Waals surface area contributed by atoms with Crippen LogP contribution in [0.2, 0.25) is 0 Å². The lowest BCUT2D eigenvalue weighted by atomic mass is 9.62. The zero-order chi connectivity index (χ0) is 13.6. The maximum atomic E-state index is 3.48. The zero-order valence-electron chi connectivity index (χ0n) is 13.4. The quantitative estimate of drug-likeness (QED) is 0.703. The van der Waals surface area contributed by atoms with Gasteiger partial charge in [-0.25, -0.2) is 0 Å². The third-order valence-corrected chi connectivity index (χ3v) is 5.14. The molecule has 1 aliphatic heterocycles. The van der Waals surface area contributed by atoms with Crippen LogP contribution in [0.25, 0.3) is 0 Å². The molecule has 1 heteroatoms. The van der Waals surface area contributed by atoms with Crippen LogP contribution < -0.4 is 5.32 Å². The van der Waals surface area contributed by atoms with Gasteiger partial charge in [-0.15, -0.1) is 0 Å². The van der Waals surface area contributed by atoms with Gasteiger partial charge in [0.15, 0.2) is 0 Å². The molecule has 1 unspecified atom stereocenters. The SMILES string of the molecule is CCC.C[C@@H]1CCC(C2CCNCC2)CC1(C)C. The molecule has 0 aromatic carbocycles. The van der Waals surface area contributed by atoms with Crippen molar-refractivity contribution in [2.75, 3.05) is 13.1 Å². The van der Waals surface area contributed by atoms with Gasteiger partial charge in [0.05, 0.1) is 0 Å². The van der Waals surface area contributed by atoms with Gasteiger partial charge in [0, 0.05) is 0 Å². The topological polar surface area (TPSA) is 12.0 Å². The predicted molar refractivity (Wildman–Crippen MR) is 81.8 cm³/mol. The minimum Gasteiger partial charge on any atom is -0.317 e. The summed E-state index contributed by atoms with van der Waals surface area (Å²) in [5.74, 6) is 2.98. The van der Waals surface area contributed by atoms with E-state index in [-0.39, 0.29) is 0 Å². The Morgan fingerprint density at radius 2 is 1.50 bits per heavy atom. The van der Waals surface area contributed by atoms with E-state index >= 15 is 0 Å². The smallest absolute Gasteiger partial charge is 0.00462 e. The summed E-state index contributed by atoms with van der Waals surface area (Å²) in [6.45, 7) is 14.2. The van der Waals surface area contributed by atoms with Crippen molar-refractivity contribution in [3.63, 3.8) is 0 Å². The van der Waals surface area contributed by atoms with Crippen molar-refractivity contribution in [3.8, 4) is 0 Å². The third-order valence-electron chi connectivity index (χ3n) is 5.14. The standard InChI is InChI=1S/C14H27N.C3H8/c1-11-4-5-13(10-14(11,2)3)12-6-8-15-9-7-12;1-3-2/h11-13,15H,4-10H2,1-3H3;3H2,1-2H3/t11-,13?;/m1./s1. The summed E-state index contributed by atoms with van der Waals surface area (Å²) < 4.78 is 0. The Morgan fingerprint density at radius 3 is 2.00 bits per heavy atom. The Balaban J connectivity index is 0.000000492. The van der Waals surface area contributed by atoms with Crippen molar-refractivity contribution < 1.29 is 0 Å². The van der Waals surface area contributed by atoms with Crippen LogP contribution in [0.5, 0.6) is 0 Å². The number of piperidine rings is 1. The van der Waals surface area contributed by atoms with E-state index in [0.717, 1.165) is 17.8 Å². The highest BCUT2D eigenvalue weighted by molar-refractivity contribution is 4.88. The van der Waals surface area contributed by atoms with Crippen LogP contribution in [-0.2, 0) is 0 Å². The van der Waals surface area contributed by atoms with Crippen LogP contribution in [0.4, 0.5) is 0 Å². The lowest BCUT2D eigenvalue weighted by Gasteiger charge is -2.44. The van der Waals surface area contributed by atoms with Crippen molar-refractivity contribution in [2.45, 2.75) is 73.1 Å². The Bertz CT molecular complexity index is 216. The minimum atomic E-state index is 0.591. The molecule has 2 fully saturated rings. The molecule has 1 heterocycles. The van der Waals surface area contributed by atoms with E-state index in [1.165, 1.54) is 51.6 Å². The van der Waals surface area contributed by atoms with Gasteiger partial charge >= 0.3 is 0 Å². The molecule has 0 radical (unpaired) electrons. The maximum absolute atomic E-state index is 3.48. The van der Waals surface area contributed by atoms with E-state index in [4.69, 9.17) is 0 Å². The van der Waals surface area contributed by atoms with Crippen LogP contribution in [0, 0.1) is 23.2 Å². The highest BCUT2D eigenvalue weighted by Gasteiger charge is 2.37. The molecule has 0 amide bonds. The molecule has 0 aromatic heterocycles. The number of hydrogen-bond donors (Lipinski definition) is 1.